The lowest BCUT2D eigenvalue weighted by molar-refractivity contribution is 0.621. The molecule has 2 aromatic rings. The highest BCUT2D eigenvalue weighted by molar-refractivity contribution is 5.36. The Morgan fingerprint density at radius 3 is 2.43 bits per heavy atom. The molecule has 0 spiro atoms. The first-order chi connectivity index (χ1) is 10.2. The van der Waals surface area contributed by atoms with Gasteiger partial charge in [0.2, 0.25) is 0 Å². The average molecular weight is 284 g/mol. The van der Waals surface area contributed by atoms with Crippen molar-refractivity contribution in [1.29, 1.82) is 0 Å². The molecule has 1 unspecified atom stereocenters. The maximum absolute atomic E-state index is 5.81. The van der Waals surface area contributed by atoms with E-state index in [0.29, 0.717) is 0 Å². The second kappa shape index (κ2) is 7.29. The zero-order valence-corrected chi connectivity index (χ0v) is 13.1. The molecule has 0 saturated carbocycles. The van der Waals surface area contributed by atoms with Crippen LogP contribution in [0.2, 0.25) is 0 Å². The molecule has 3 N–H and O–H groups in total. The molecule has 0 bridgehead atoms. The zero-order valence-electron chi connectivity index (χ0n) is 13.1. The number of hydrazine groups is 1. The minimum absolute atomic E-state index is 0.0511. The summed E-state index contributed by atoms with van der Waals surface area (Å²) in [5, 5.41) is 8.43. The Morgan fingerprint density at radius 1 is 1.14 bits per heavy atom. The highest BCUT2D eigenvalue weighted by Gasteiger charge is 2.17. The van der Waals surface area contributed by atoms with Crippen LogP contribution in [0.3, 0.4) is 0 Å². The fourth-order valence-electron chi connectivity index (χ4n) is 2.59. The van der Waals surface area contributed by atoms with Crippen LogP contribution in [0.15, 0.2) is 30.3 Å². The number of rotatable bonds is 6. The van der Waals surface area contributed by atoms with Crippen LogP contribution in [0.5, 0.6) is 0 Å². The van der Waals surface area contributed by atoms with Gasteiger partial charge in [0.15, 0.2) is 0 Å². The summed E-state index contributed by atoms with van der Waals surface area (Å²) in [6, 6.07) is 10.7. The van der Waals surface area contributed by atoms with Gasteiger partial charge in [0.05, 0.1) is 17.4 Å². The molecule has 1 heterocycles. The van der Waals surface area contributed by atoms with Gasteiger partial charge in [0, 0.05) is 5.56 Å². The molecule has 0 aliphatic rings. The van der Waals surface area contributed by atoms with Crippen molar-refractivity contribution >= 4 is 0 Å². The van der Waals surface area contributed by atoms with E-state index >= 15 is 0 Å². The smallest absolute Gasteiger partial charge is 0.0729 e. The summed E-state index contributed by atoms with van der Waals surface area (Å²) in [4.78, 5) is 0. The third kappa shape index (κ3) is 3.65. The van der Waals surface area contributed by atoms with Crippen LogP contribution in [0.1, 0.15) is 54.4 Å². The van der Waals surface area contributed by atoms with Crippen LogP contribution in [-0.4, -0.2) is 10.2 Å². The molecule has 21 heavy (non-hydrogen) atoms. The lowest BCUT2D eigenvalue weighted by Gasteiger charge is -2.19. The summed E-state index contributed by atoms with van der Waals surface area (Å²) in [5.41, 5.74) is 8.43. The summed E-state index contributed by atoms with van der Waals surface area (Å²) >= 11 is 0. The molecule has 4 nitrogen and oxygen atoms in total. The number of hydrogen-bond acceptors (Lipinski definition) is 4. The van der Waals surface area contributed by atoms with E-state index in [1.54, 1.807) is 0 Å². The number of nitrogens with one attached hydrogen (secondary N) is 1. The number of nitrogens with zero attached hydrogens (tertiary/aromatic N) is 2. The van der Waals surface area contributed by atoms with E-state index in [1.165, 1.54) is 5.56 Å². The molecular weight excluding hydrogens is 260 g/mol. The lowest BCUT2D eigenvalue weighted by atomic mass is 9.95. The second-order valence-corrected chi connectivity index (χ2v) is 5.33. The minimum atomic E-state index is -0.0511. The van der Waals surface area contributed by atoms with Gasteiger partial charge in [-0.1, -0.05) is 44.5 Å². The van der Waals surface area contributed by atoms with Crippen LogP contribution in [0.25, 0.3) is 0 Å². The van der Waals surface area contributed by atoms with Crippen molar-refractivity contribution in [3.63, 3.8) is 0 Å². The van der Waals surface area contributed by atoms with E-state index in [9.17, 15) is 0 Å². The van der Waals surface area contributed by atoms with Crippen molar-refractivity contribution in [3.8, 4) is 0 Å². The van der Waals surface area contributed by atoms with Gasteiger partial charge in [0.25, 0.3) is 0 Å². The average Bonchev–Trinajstić information content (AvgIpc) is 2.50. The van der Waals surface area contributed by atoms with Crippen molar-refractivity contribution in [2.45, 2.75) is 46.1 Å². The molecule has 0 fully saturated rings. The molecule has 0 aliphatic carbocycles. The molecular formula is C17H24N4. The van der Waals surface area contributed by atoms with Gasteiger partial charge in [-0.25, -0.2) is 5.43 Å². The first-order valence-electron chi connectivity index (χ1n) is 7.57. The Labute approximate surface area is 126 Å². The van der Waals surface area contributed by atoms with Gasteiger partial charge in [-0.15, -0.1) is 0 Å². The van der Waals surface area contributed by atoms with Gasteiger partial charge in [-0.05, 0) is 37.0 Å². The van der Waals surface area contributed by atoms with Crippen LogP contribution in [-0.2, 0) is 12.8 Å². The number of nitrogens with two attached hydrogens (primary N) is 1. The third-order valence-electron chi connectivity index (χ3n) is 3.69. The van der Waals surface area contributed by atoms with Crippen LogP contribution in [0.4, 0.5) is 0 Å². The monoisotopic (exact) mass is 284 g/mol. The Bertz CT molecular complexity index is 578. The Hall–Kier alpha value is -1.78. The van der Waals surface area contributed by atoms with E-state index in [0.717, 1.165) is 41.8 Å². The predicted molar refractivity (Wildman–Crippen MR) is 85.8 cm³/mol. The molecule has 4 heteroatoms. The van der Waals surface area contributed by atoms with Gasteiger partial charge < -0.3 is 0 Å². The van der Waals surface area contributed by atoms with Gasteiger partial charge in [0.1, 0.15) is 0 Å². The zero-order chi connectivity index (χ0) is 15.2. The lowest BCUT2D eigenvalue weighted by Crippen LogP contribution is -2.30. The first-order valence-corrected chi connectivity index (χ1v) is 7.57. The highest BCUT2D eigenvalue weighted by Crippen LogP contribution is 2.24. The van der Waals surface area contributed by atoms with Crippen LogP contribution in [0, 0.1) is 6.92 Å². The minimum Gasteiger partial charge on any atom is -0.271 e. The fourth-order valence-corrected chi connectivity index (χ4v) is 2.59. The van der Waals surface area contributed by atoms with Crippen molar-refractivity contribution in [2.24, 2.45) is 5.84 Å². The maximum atomic E-state index is 5.81. The molecule has 1 atom stereocenters. The fraction of sp³-hybridized carbons (Fsp3) is 0.412. The second-order valence-electron chi connectivity index (χ2n) is 5.33. The maximum Gasteiger partial charge on any atom is 0.0729 e. The molecule has 1 aromatic carbocycles. The van der Waals surface area contributed by atoms with E-state index in [4.69, 9.17) is 5.84 Å². The molecule has 112 valence electrons. The Balaban J connectivity index is 2.37. The topological polar surface area (TPSA) is 63.8 Å². The van der Waals surface area contributed by atoms with Crippen molar-refractivity contribution in [3.05, 3.63) is 58.4 Å². The molecule has 0 aliphatic heterocycles. The van der Waals surface area contributed by atoms with Crippen molar-refractivity contribution < 1.29 is 0 Å². The van der Waals surface area contributed by atoms with Crippen LogP contribution >= 0.6 is 0 Å². The quantitative estimate of drug-likeness (QED) is 0.632. The molecule has 2 rings (SSSR count). The number of aromatic nitrogens is 2. The van der Waals surface area contributed by atoms with E-state index in [-0.39, 0.29) is 6.04 Å². The van der Waals surface area contributed by atoms with Crippen molar-refractivity contribution in [2.75, 3.05) is 0 Å². The van der Waals surface area contributed by atoms with Crippen LogP contribution < -0.4 is 11.3 Å². The predicted octanol–water partition coefficient (Wildman–Crippen LogP) is 2.85. The summed E-state index contributed by atoms with van der Waals surface area (Å²) in [6.45, 7) is 6.23. The van der Waals surface area contributed by atoms with E-state index < -0.39 is 0 Å². The number of benzene rings is 1. The summed E-state index contributed by atoms with van der Waals surface area (Å²) in [7, 11) is 0. The SMILES string of the molecule is CCCc1ccc(C(NN)c2cc(C)nnc2CC)cc1. The van der Waals surface area contributed by atoms with E-state index in [2.05, 4.69) is 59.8 Å². The molecule has 0 amide bonds. The Kier molecular flexibility index (Phi) is 5.42. The number of hydrogen-bond donors (Lipinski definition) is 2. The molecule has 0 saturated heterocycles. The Morgan fingerprint density at radius 2 is 1.86 bits per heavy atom. The first kappa shape index (κ1) is 15.6. The summed E-state index contributed by atoms with van der Waals surface area (Å²) in [5.74, 6) is 5.81. The van der Waals surface area contributed by atoms with Gasteiger partial charge >= 0.3 is 0 Å². The van der Waals surface area contributed by atoms with E-state index in [1.807, 2.05) is 6.92 Å². The summed E-state index contributed by atoms with van der Waals surface area (Å²) in [6.07, 6.45) is 3.11. The number of aryl methyl sites for hydroxylation is 3. The van der Waals surface area contributed by atoms with Crippen molar-refractivity contribution in [1.82, 2.24) is 15.6 Å². The molecule has 1 aromatic heterocycles. The van der Waals surface area contributed by atoms with Gasteiger partial charge in [-0.2, -0.15) is 10.2 Å². The summed E-state index contributed by atoms with van der Waals surface area (Å²) < 4.78 is 0. The molecule has 0 radical (unpaired) electrons. The normalized spacial score (nSPS) is 12.4. The largest absolute Gasteiger partial charge is 0.271 e. The highest BCUT2D eigenvalue weighted by atomic mass is 15.2. The van der Waals surface area contributed by atoms with Gasteiger partial charge in [-0.3, -0.25) is 5.84 Å². The third-order valence-corrected chi connectivity index (χ3v) is 3.69. The standard InChI is InChI=1S/C17H24N4/c1-4-6-13-7-9-14(10-8-13)17(19-18)15-11-12(3)20-21-16(15)5-2/h7-11,17,19H,4-6,18H2,1-3H3.